The maximum Gasteiger partial charge on any atom is 0.316 e. The molecule has 0 bridgehead atoms. The standard InChI is InChI=1S/C27H28N2O5/c1-16-6-5-7-17(2)24(16)28-15-18(14-23(28)30)27(33)34-20-12-10-19(11-13-20)29-25(31)21-8-3-4-9-22(21)26(29)32/h5-7,10-13,18,21-22H,3-4,8-9,14-15H2,1-2H3/t18-,21-,22+/m1/s1. The molecule has 2 aromatic carbocycles. The molecule has 2 heterocycles. The van der Waals surface area contributed by atoms with Gasteiger partial charge in [0.1, 0.15) is 5.75 Å². The highest BCUT2D eigenvalue weighted by Crippen LogP contribution is 2.40. The van der Waals surface area contributed by atoms with E-state index in [1.807, 2.05) is 32.0 Å². The molecule has 7 heteroatoms. The smallest absolute Gasteiger partial charge is 0.316 e. The molecule has 3 fully saturated rings. The van der Waals surface area contributed by atoms with Gasteiger partial charge >= 0.3 is 5.97 Å². The number of hydrogen-bond acceptors (Lipinski definition) is 5. The van der Waals surface area contributed by atoms with E-state index < -0.39 is 11.9 Å². The highest BCUT2D eigenvalue weighted by molar-refractivity contribution is 6.22. The third-order valence-electron chi connectivity index (χ3n) is 7.32. The van der Waals surface area contributed by atoms with Crippen LogP contribution in [0.2, 0.25) is 0 Å². The number of esters is 1. The molecule has 2 aliphatic heterocycles. The number of hydrogen-bond donors (Lipinski definition) is 0. The summed E-state index contributed by atoms with van der Waals surface area (Å²) in [6.45, 7) is 4.18. The molecule has 3 atom stereocenters. The largest absolute Gasteiger partial charge is 0.426 e. The van der Waals surface area contributed by atoms with E-state index >= 15 is 0 Å². The number of anilines is 2. The maximum absolute atomic E-state index is 12.8. The van der Waals surface area contributed by atoms with Crippen LogP contribution in [0.4, 0.5) is 11.4 Å². The molecule has 0 spiro atoms. The lowest BCUT2D eigenvalue weighted by Crippen LogP contribution is -2.30. The Labute approximate surface area is 198 Å². The average molecular weight is 461 g/mol. The van der Waals surface area contributed by atoms with Crippen molar-refractivity contribution in [3.8, 4) is 5.75 Å². The van der Waals surface area contributed by atoms with Crippen LogP contribution >= 0.6 is 0 Å². The van der Waals surface area contributed by atoms with Crippen molar-refractivity contribution in [2.24, 2.45) is 17.8 Å². The maximum atomic E-state index is 12.8. The van der Waals surface area contributed by atoms with Gasteiger partial charge in [0.25, 0.3) is 0 Å². The van der Waals surface area contributed by atoms with Gasteiger partial charge in [-0.05, 0) is 62.1 Å². The number of ether oxygens (including phenoxy) is 1. The summed E-state index contributed by atoms with van der Waals surface area (Å²) in [7, 11) is 0. The normalized spacial score (nSPS) is 24.5. The van der Waals surface area contributed by atoms with Gasteiger partial charge in [-0.2, -0.15) is 0 Å². The molecule has 0 aromatic heterocycles. The SMILES string of the molecule is Cc1cccc(C)c1N1C[C@H](C(=O)Oc2ccc(N3C(=O)[C@H]4CCCC[C@H]4C3=O)cc2)CC1=O. The van der Waals surface area contributed by atoms with Crippen molar-refractivity contribution in [1.29, 1.82) is 0 Å². The number of aryl methyl sites for hydroxylation is 2. The molecule has 7 nitrogen and oxygen atoms in total. The van der Waals surface area contributed by atoms with Crippen LogP contribution in [0.15, 0.2) is 42.5 Å². The number of amides is 3. The Morgan fingerprint density at radius 1 is 0.882 bits per heavy atom. The summed E-state index contributed by atoms with van der Waals surface area (Å²) in [4.78, 5) is 54.0. The number of nitrogens with zero attached hydrogens (tertiary/aromatic N) is 2. The topological polar surface area (TPSA) is 84.0 Å². The quantitative estimate of drug-likeness (QED) is 0.392. The molecule has 34 heavy (non-hydrogen) atoms. The molecule has 176 valence electrons. The molecular weight excluding hydrogens is 432 g/mol. The van der Waals surface area contributed by atoms with Crippen molar-refractivity contribution in [2.45, 2.75) is 46.0 Å². The Hall–Kier alpha value is -3.48. The van der Waals surface area contributed by atoms with Gasteiger partial charge in [-0.25, -0.2) is 0 Å². The summed E-state index contributed by atoms with van der Waals surface area (Å²) in [6, 6.07) is 12.3. The van der Waals surface area contributed by atoms with Gasteiger partial charge in [0, 0.05) is 18.7 Å². The Bertz CT molecular complexity index is 1130. The fourth-order valence-corrected chi connectivity index (χ4v) is 5.59. The van der Waals surface area contributed by atoms with Gasteiger partial charge in [-0.3, -0.25) is 24.1 Å². The van der Waals surface area contributed by atoms with Crippen LogP contribution < -0.4 is 14.5 Å². The molecule has 2 aromatic rings. The van der Waals surface area contributed by atoms with Gasteiger partial charge in [0.2, 0.25) is 17.7 Å². The van der Waals surface area contributed by atoms with E-state index in [4.69, 9.17) is 4.74 Å². The second kappa shape index (κ2) is 8.70. The summed E-state index contributed by atoms with van der Waals surface area (Å²) in [5.41, 5.74) is 3.33. The first-order valence-corrected chi connectivity index (χ1v) is 11.9. The molecule has 1 aliphatic carbocycles. The molecule has 3 amide bonds. The summed E-state index contributed by atoms with van der Waals surface area (Å²) in [5, 5.41) is 0. The van der Waals surface area contributed by atoms with E-state index in [0.29, 0.717) is 11.4 Å². The van der Waals surface area contributed by atoms with Crippen LogP contribution in [0, 0.1) is 31.6 Å². The van der Waals surface area contributed by atoms with Crippen LogP contribution in [0.3, 0.4) is 0 Å². The number of benzene rings is 2. The average Bonchev–Trinajstić information content (AvgIpc) is 3.32. The lowest BCUT2D eigenvalue weighted by molar-refractivity contribution is -0.139. The predicted molar refractivity (Wildman–Crippen MR) is 126 cm³/mol. The van der Waals surface area contributed by atoms with Crippen LogP contribution in [0.25, 0.3) is 0 Å². The lowest BCUT2D eigenvalue weighted by Gasteiger charge is -2.21. The van der Waals surface area contributed by atoms with Crippen molar-refractivity contribution in [2.75, 3.05) is 16.3 Å². The highest BCUT2D eigenvalue weighted by atomic mass is 16.5. The van der Waals surface area contributed by atoms with Crippen molar-refractivity contribution in [3.63, 3.8) is 0 Å². The first-order chi connectivity index (χ1) is 16.3. The summed E-state index contributed by atoms with van der Waals surface area (Å²) < 4.78 is 5.55. The zero-order valence-electron chi connectivity index (χ0n) is 19.5. The number of para-hydroxylation sites is 1. The van der Waals surface area contributed by atoms with E-state index in [1.54, 1.807) is 29.2 Å². The van der Waals surface area contributed by atoms with Gasteiger partial charge in [0.05, 0.1) is 23.4 Å². The predicted octanol–water partition coefficient (Wildman–Crippen LogP) is 3.94. The molecule has 2 saturated heterocycles. The molecular formula is C27H28N2O5. The van der Waals surface area contributed by atoms with Gasteiger partial charge in [-0.1, -0.05) is 31.0 Å². The minimum atomic E-state index is -0.559. The van der Waals surface area contributed by atoms with Crippen LogP contribution in [0.5, 0.6) is 5.75 Å². The minimum Gasteiger partial charge on any atom is -0.426 e. The van der Waals surface area contributed by atoms with Crippen molar-refractivity contribution in [3.05, 3.63) is 53.6 Å². The second-order valence-corrected chi connectivity index (χ2v) is 9.57. The van der Waals surface area contributed by atoms with Crippen LogP contribution in [0.1, 0.15) is 43.2 Å². The zero-order chi connectivity index (χ0) is 24.0. The third kappa shape index (κ3) is 3.79. The van der Waals surface area contributed by atoms with Crippen molar-refractivity contribution in [1.82, 2.24) is 0 Å². The molecule has 1 saturated carbocycles. The van der Waals surface area contributed by atoms with Crippen molar-refractivity contribution < 1.29 is 23.9 Å². The monoisotopic (exact) mass is 460 g/mol. The third-order valence-corrected chi connectivity index (χ3v) is 7.32. The van der Waals surface area contributed by atoms with E-state index in [9.17, 15) is 19.2 Å². The van der Waals surface area contributed by atoms with Crippen LogP contribution in [-0.4, -0.2) is 30.2 Å². The Morgan fingerprint density at radius 2 is 1.47 bits per heavy atom. The number of fused-ring (bicyclic) bond motifs is 1. The number of imide groups is 1. The lowest BCUT2D eigenvalue weighted by atomic mass is 9.81. The number of carbonyl (C=O) groups excluding carboxylic acids is 4. The van der Waals surface area contributed by atoms with Crippen molar-refractivity contribution >= 4 is 35.1 Å². The number of carbonyl (C=O) groups is 4. The molecule has 0 N–H and O–H groups in total. The summed E-state index contributed by atoms with van der Waals surface area (Å²) in [5.74, 6) is -1.47. The Morgan fingerprint density at radius 3 is 2.06 bits per heavy atom. The minimum absolute atomic E-state index is 0.0952. The van der Waals surface area contributed by atoms with E-state index in [1.165, 1.54) is 4.90 Å². The van der Waals surface area contributed by atoms with Gasteiger partial charge < -0.3 is 9.64 Å². The fourth-order valence-electron chi connectivity index (χ4n) is 5.59. The fraction of sp³-hybridized carbons (Fsp3) is 0.407. The Balaban J connectivity index is 1.26. The summed E-state index contributed by atoms with van der Waals surface area (Å²) in [6.07, 6.45) is 3.59. The zero-order valence-corrected chi connectivity index (χ0v) is 19.5. The Kier molecular flexibility index (Phi) is 5.71. The second-order valence-electron chi connectivity index (χ2n) is 9.57. The van der Waals surface area contributed by atoms with Crippen LogP contribution in [-0.2, 0) is 19.2 Å². The van der Waals surface area contributed by atoms with E-state index in [0.717, 1.165) is 42.5 Å². The molecule has 5 rings (SSSR count). The molecule has 0 unspecified atom stereocenters. The first-order valence-electron chi connectivity index (χ1n) is 11.9. The molecule has 0 radical (unpaired) electrons. The summed E-state index contributed by atoms with van der Waals surface area (Å²) >= 11 is 0. The number of rotatable bonds is 4. The van der Waals surface area contributed by atoms with E-state index in [2.05, 4.69) is 0 Å². The molecule has 3 aliphatic rings. The van der Waals surface area contributed by atoms with Gasteiger partial charge in [0.15, 0.2) is 0 Å². The first kappa shape index (κ1) is 22.3. The van der Waals surface area contributed by atoms with E-state index in [-0.39, 0.29) is 42.5 Å². The highest BCUT2D eigenvalue weighted by Gasteiger charge is 2.48. The van der Waals surface area contributed by atoms with Gasteiger partial charge in [-0.15, -0.1) is 0 Å².